The first-order chi connectivity index (χ1) is 6.97. The Morgan fingerprint density at radius 3 is 2.60 bits per heavy atom. The van der Waals surface area contributed by atoms with Crippen molar-refractivity contribution in [2.24, 2.45) is 5.73 Å². The van der Waals surface area contributed by atoms with Gasteiger partial charge in [-0.1, -0.05) is 13.0 Å². The molecule has 0 radical (unpaired) electrons. The maximum atomic E-state index is 10.8. The molecule has 0 amide bonds. The third-order valence-corrected chi connectivity index (χ3v) is 2.35. The average Bonchev–Trinajstić information content (AvgIpc) is 2.19. The highest BCUT2D eigenvalue weighted by Gasteiger charge is 2.17. The number of rotatable bonds is 3. The van der Waals surface area contributed by atoms with Crippen molar-refractivity contribution in [3.63, 3.8) is 0 Å². The van der Waals surface area contributed by atoms with Crippen molar-refractivity contribution in [2.75, 3.05) is 0 Å². The van der Waals surface area contributed by atoms with Crippen LogP contribution in [0.15, 0.2) is 12.1 Å². The number of hydrogen-bond donors (Lipinski definition) is 3. The number of benzene rings is 1. The molecule has 0 saturated heterocycles. The topological polar surface area (TPSA) is 83.6 Å². The van der Waals surface area contributed by atoms with Gasteiger partial charge in [0.25, 0.3) is 0 Å². The Bertz CT molecular complexity index is 388. The van der Waals surface area contributed by atoms with E-state index in [1.54, 1.807) is 13.0 Å². The molecule has 82 valence electrons. The van der Waals surface area contributed by atoms with Crippen LogP contribution < -0.4 is 5.73 Å². The number of nitrogens with two attached hydrogens (primary N) is 1. The molecule has 0 heterocycles. The minimum atomic E-state index is -1.14. The van der Waals surface area contributed by atoms with Crippen molar-refractivity contribution in [1.82, 2.24) is 0 Å². The molecule has 4 N–H and O–H groups in total. The van der Waals surface area contributed by atoms with E-state index in [1.165, 1.54) is 6.07 Å². The Hall–Kier alpha value is -1.55. The van der Waals surface area contributed by atoms with Crippen LogP contribution in [-0.4, -0.2) is 16.2 Å². The van der Waals surface area contributed by atoms with Gasteiger partial charge in [-0.15, -0.1) is 0 Å². The lowest BCUT2D eigenvalue weighted by Gasteiger charge is -2.14. The second kappa shape index (κ2) is 4.31. The highest BCUT2D eigenvalue weighted by Crippen LogP contribution is 2.29. The number of aryl methyl sites for hydroxylation is 1. The summed E-state index contributed by atoms with van der Waals surface area (Å²) in [5.74, 6) is -1.36. The van der Waals surface area contributed by atoms with Gasteiger partial charge in [-0.3, -0.25) is 0 Å². The van der Waals surface area contributed by atoms with E-state index in [-0.39, 0.29) is 17.4 Å². The van der Waals surface area contributed by atoms with Crippen LogP contribution in [0.4, 0.5) is 0 Å². The van der Waals surface area contributed by atoms with Crippen molar-refractivity contribution in [1.29, 1.82) is 0 Å². The molecule has 0 aliphatic heterocycles. The van der Waals surface area contributed by atoms with Crippen molar-refractivity contribution in [3.8, 4) is 5.75 Å². The summed E-state index contributed by atoms with van der Waals surface area (Å²) in [5.41, 5.74) is 6.97. The van der Waals surface area contributed by atoms with E-state index in [9.17, 15) is 9.90 Å². The maximum absolute atomic E-state index is 10.8. The predicted molar refractivity (Wildman–Crippen MR) is 57.0 cm³/mol. The molecule has 1 aromatic carbocycles. The molecule has 0 aliphatic rings. The van der Waals surface area contributed by atoms with E-state index in [0.29, 0.717) is 12.0 Å². The number of aromatic carboxylic acids is 1. The molecule has 0 aromatic heterocycles. The summed E-state index contributed by atoms with van der Waals surface area (Å²) >= 11 is 0. The molecule has 0 saturated carbocycles. The van der Waals surface area contributed by atoms with Gasteiger partial charge in [0.1, 0.15) is 11.3 Å². The van der Waals surface area contributed by atoms with Crippen LogP contribution in [0.5, 0.6) is 5.75 Å². The van der Waals surface area contributed by atoms with E-state index in [4.69, 9.17) is 10.8 Å². The SMILES string of the molecule is CC[C@@H](N)c1cc(C)cc(C(=O)O)c1O. The van der Waals surface area contributed by atoms with Crippen LogP contribution in [-0.2, 0) is 0 Å². The van der Waals surface area contributed by atoms with Gasteiger partial charge in [-0.2, -0.15) is 0 Å². The highest BCUT2D eigenvalue weighted by molar-refractivity contribution is 5.91. The normalized spacial score (nSPS) is 12.5. The average molecular weight is 209 g/mol. The zero-order valence-electron chi connectivity index (χ0n) is 8.82. The van der Waals surface area contributed by atoms with Gasteiger partial charge in [0.15, 0.2) is 0 Å². The van der Waals surface area contributed by atoms with Gasteiger partial charge in [0, 0.05) is 11.6 Å². The quantitative estimate of drug-likeness (QED) is 0.708. The zero-order chi connectivity index (χ0) is 11.6. The molecule has 0 aliphatic carbocycles. The fourth-order valence-electron chi connectivity index (χ4n) is 1.47. The molecule has 0 bridgehead atoms. The number of phenols is 1. The largest absolute Gasteiger partial charge is 0.507 e. The second-order valence-corrected chi connectivity index (χ2v) is 3.57. The number of carbonyl (C=O) groups is 1. The Morgan fingerprint density at radius 2 is 2.13 bits per heavy atom. The van der Waals surface area contributed by atoms with Gasteiger partial charge < -0.3 is 15.9 Å². The molecule has 1 aromatic rings. The van der Waals surface area contributed by atoms with E-state index >= 15 is 0 Å². The Morgan fingerprint density at radius 1 is 1.53 bits per heavy atom. The van der Waals surface area contributed by atoms with Crippen LogP contribution >= 0.6 is 0 Å². The molecule has 15 heavy (non-hydrogen) atoms. The number of hydrogen-bond acceptors (Lipinski definition) is 3. The first kappa shape index (κ1) is 11.5. The van der Waals surface area contributed by atoms with Crippen LogP contribution in [0.2, 0.25) is 0 Å². The molecule has 1 atom stereocenters. The number of carboxylic acids is 1. The summed E-state index contributed by atoms with van der Waals surface area (Å²) in [6.07, 6.45) is 0.649. The third kappa shape index (κ3) is 2.27. The summed E-state index contributed by atoms with van der Waals surface area (Å²) in [7, 11) is 0. The number of aromatic hydroxyl groups is 1. The minimum Gasteiger partial charge on any atom is -0.507 e. The lowest BCUT2D eigenvalue weighted by atomic mass is 9.98. The molecule has 4 heteroatoms. The van der Waals surface area contributed by atoms with E-state index in [2.05, 4.69) is 0 Å². The molecular formula is C11H15NO3. The van der Waals surface area contributed by atoms with Crippen molar-refractivity contribution in [3.05, 3.63) is 28.8 Å². The monoisotopic (exact) mass is 209 g/mol. The third-order valence-electron chi connectivity index (χ3n) is 2.35. The predicted octanol–water partition coefficient (Wildman–Crippen LogP) is 1.81. The van der Waals surface area contributed by atoms with Gasteiger partial charge in [0.05, 0.1) is 0 Å². The van der Waals surface area contributed by atoms with Gasteiger partial charge >= 0.3 is 5.97 Å². The van der Waals surface area contributed by atoms with Crippen LogP contribution in [0, 0.1) is 6.92 Å². The van der Waals surface area contributed by atoms with E-state index in [1.807, 2.05) is 6.92 Å². The minimum absolute atomic E-state index is 0.0890. The smallest absolute Gasteiger partial charge is 0.339 e. The molecule has 0 spiro atoms. The summed E-state index contributed by atoms with van der Waals surface area (Å²) in [5, 5.41) is 18.6. The van der Waals surface area contributed by atoms with E-state index < -0.39 is 5.97 Å². The maximum Gasteiger partial charge on any atom is 0.339 e. The lowest BCUT2D eigenvalue weighted by Crippen LogP contribution is -2.11. The standard InChI is InChI=1S/C11H15NO3/c1-3-9(12)7-4-6(2)5-8(10(7)13)11(14)15/h4-5,9,13H,3,12H2,1-2H3,(H,14,15)/t9-/m1/s1. The molecule has 4 nitrogen and oxygen atoms in total. The van der Waals surface area contributed by atoms with Gasteiger partial charge in [-0.05, 0) is 25.0 Å². The first-order valence-corrected chi connectivity index (χ1v) is 4.79. The Kier molecular flexibility index (Phi) is 3.31. The summed E-state index contributed by atoms with van der Waals surface area (Å²) in [4.78, 5) is 10.8. The van der Waals surface area contributed by atoms with Crippen molar-refractivity contribution < 1.29 is 15.0 Å². The van der Waals surface area contributed by atoms with Crippen molar-refractivity contribution >= 4 is 5.97 Å². The lowest BCUT2D eigenvalue weighted by molar-refractivity contribution is 0.0693. The Labute approximate surface area is 88.3 Å². The van der Waals surface area contributed by atoms with E-state index in [0.717, 1.165) is 5.56 Å². The highest BCUT2D eigenvalue weighted by atomic mass is 16.4. The molecule has 0 unspecified atom stereocenters. The molecule has 0 fully saturated rings. The summed E-state index contributed by atoms with van der Waals surface area (Å²) in [6.45, 7) is 3.66. The van der Waals surface area contributed by atoms with Crippen LogP contribution in [0.3, 0.4) is 0 Å². The van der Waals surface area contributed by atoms with Crippen LogP contribution in [0.25, 0.3) is 0 Å². The summed E-state index contributed by atoms with van der Waals surface area (Å²) in [6, 6.07) is 2.82. The Balaban J connectivity index is 3.34. The van der Waals surface area contributed by atoms with Crippen LogP contribution in [0.1, 0.15) is 40.9 Å². The first-order valence-electron chi connectivity index (χ1n) is 4.79. The van der Waals surface area contributed by atoms with Gasteiger partial charge in [0.2, 0.25) is 0 Å². The summed E-state index contributed by atoms with van der Waals surface area (Å²) < 4.78 is 0. The fourth-order valence-corrected chi connectivity index (χ4v) is 1.47. The number of carboxylic acid groups (broad SMARTS) is 1. The molecule has 1 rings (SSSR count). The molecular weight excluding hydrogens is 194 g/mol. The second-order valence-electron chi connectivity index (χ2n) is 3.57. The zero-order valence-corrected chi connectivity index (χ0v) is 8.82. The fraction of sp³-hybridized carbons (Fsp3) is 0.364. The van der Waals surface area contributed by atoms with Crippen molar-refractivity contribution in [2.45, 2.75) is 26.3 Å². The van der Waals surface area contributed by atoms with Gasteiger partial charge in [-0.25, -0.2) is 4.79 Å².